The van der Waals surface area contributed by atoms with Gasteiger partial charge in [-0.3, -0.25) is 14.4 Å². The summed E-state index contributed by atoms with van der Waals surface area (Å²) in [5.74, 6) is -0.265. The highest BCUT2D eigenvalue weighted by atomic mass is 16.5. The fourth-order valence-electron chi connectivity index (χ4n) is 2.75. The molecule has 0 aromatic heterocycles. The highest BCUT2D eigenvalue weighted by molar-refractivity contribution is 5.84. The minimum Gasteiger partial charge on any atom is -0.494 e. The standard InChI is InChI=1S/C19H26N2O5/c22-17(14-21-11-3-1-2-5-18(21)23)20-13-15-7-9-16(10-8-15)26-12-4-6-19(24)25/h7-10H,1-6,11-14H2,(H,20,22)(H,24,25). The Morgan fingerprint density at radius 3 is 2.65 bits per heavy atom. The number of rotatable bonds is 9. The number of amides is 2. The minimum atomic E-state index is -0.832. The molecule has 0 radical (unpaired) electrons. The van der Waals surface area contributed by atoms with Gasteiger partial charge in [-0.1, -0.05) is 18.6 Å². The second-order valence-corrected chi connectivity index (χ2v) is 6.39. The molecule has 0 saturated carbocycles. The van der Waals surface area contributed by atoms with Gasteiger partial charge in [0.1, 0.15) is 5.75 Å². The summed E-state index contributed by atoms with van der Waals surface area (Å²) in [6.45, 7) is 1.51. The molecule has 0 spiro atoms. The van der Waals surface area contributed by atoms with Crippen molar-refractivity contribution in [1.82, 2.24) is 10.2 Å². The zero-order valence-corrected chi connectivity index (χ0v) is 14.9. The zero-order valence-electron chi connectivity index (χ0n) is 14.9. The van der Waals surface area contributed by atoms with Crippen LogP contribution in [0.25, 0.3) is 0 Å². The summed E-state index contributed by atoms with van der Waals surface area (Å²) in [6, 6.07) is 7.29. The van der Waals surface area contributed by atoms with Crippen LogP contribution >= 0.6 is 0 Å². The molecular formula is C19H26N2O5. The van der Waals surface area contributed by atoms with Gasteiger partial charge >= 0.3 is 5.97 Å². The molecule has 0 aliphatic carbocycles. The molecule has 1 saturated heterocycles. The third-order valence-corrected chi connectivity index (χ3v) is 4.22. The number of carbonyl (C=O) groups excluding carboxylic acids is 2. The van der Waals surface area contributed by atoms with Crippen molar-refractivity contribution in [2.45, 2.75) is 45.1 Å². The SMILES string of the molecule is O=C(O)CCCOc1ccc(CNC(=O)CN2CCCCCC2=O)cc1. The van der Waals surface area contributed by atoms with Gasteiger partial charge in [-0.2, -0.15) is 0 Å². The van der Waals surface area contributed by atoms with Gasteiger partial charge in [0.25, 0.3) is 0 Å². The van der Waals surface area contributed by atoms with Gasteiger partial charge in [-0.25, -0.2) is 0 Å². The first-order chi connectivity index (χ1) is 12.5. The molecule has 1 aliphatic heterocycles. The summed E-state index contributed by atoms with van der Waals surface area (Å²) in [7, 11) is 0. The number of carbonyl (C=O) groups is 3. The quantitative estimate of drug-likeness (QED) is 0.655. The molecular weight excluding hydrogens is 336 g/mol. The van der Waals surface area contributed by atoms with Crippen LogP contribution in [0.15, 0.2) is 24.3 Å². The van der Waals surface area contributed by atoms with Crippen LogP contribution in [-0.4, -0.2) is 47.5 Å². The Morgan fingerprint density at radius 2 is 1.92 bits per heavy atom. The lowest BCUT2D eigenvalue weighted by Crippen LogP contribution is -2.40. The van der Waals surface area contributed by atoms with Gasteiger partial charge in [0, 0.05) is 25.9 Å². The molecule has 7 heteroatoms. The fraction of sp³-hybridized carbons (Fsp3) is 0.526. The van der Waals surface area contributed by atoms with Crippen LogP contribution in [0.2, 0.25) is 0 Å². The average molecular weight is 362 g/mol. The maximum Gasteiger partial charge on any atom is 0.303 e. The van der Waals surface area contributed by atoms with E-state index in [2.05, 4.69) is 5.32 Å². The number of carboxylic acids is 1. The predicted octanol–water partition coefficient (Wildman–Crippen LogP) is 1.95. The second-order valence-electron chi connectivity index (χ2n) is 6.39. The van der Waals surface area contributed by atoms with E-state index in [4.69, 9.17) is 9.84 Å². The Bertz CT molecular complexity index is 615. The largest absolute Gasteiger partial charge is 0.494 e. The van der Waals surface area contributed by atoms with Crippen molar-refractivity contribution >= 4 is 17.8 Å². The minimum absolute atomic E-state index is 0.0575. The molecule has 1 heterocycles. The first-order valence-corrected chi connectivity index (χ1v) is 9.02. The number of ether oxygens (including phenoxy) is 1. The van der Waals surface area contributed by atoms with E-state index in [1.54, 1.807) is 17.0 Å². The molecule has 2 N–H and O–H groups in total. The normalized spacial score (nSPS) is 14.6. The van der Waals surface area contributed by atoms with Crippen molar-refractivity contribution in [3.63, 3.8) is 0 Å². The van der Waals surface area contributed by atoms with E-state index in [9.17, 15) is 14.4 Å². The highest BCUT2D eigenvalue weighted by Crippen LogP contribution is 2.13. The number of hydrogen-bond donors (Lipinski definition) is 2. The van der Waals surface area contributed by atoms with Gasteiger partial charge < -0.3 is 20.1 Å². The Hall–Kier alpha value is -2.57. The molecule has 142 valence electrons. The first-order valence-electron chi connectivity index (χ1n) is 9.02. The van der Waals surface area contributed by atoms with Crippen molar-refractivity contribution in [3.8, 4) is 5.75 Å². The van der Waals surface area contributed by atoms with Crippen LogP contribution in [0.5, 0.6) is 5.75 Å². The van der Waals surface area contributed by atoms with E-state index in [1.807, 2.05) is 12.1 Å². The molecule has 2 rings (SSSR count). The van der Waals surface area contributed by atoms with Gasteiger partial charge in [-0.15, -0.1) is 0 Å². The van der Waals surface area contributed by atoms with E-state index >= 15 is 0 Å². The predicted molar refractivity (Wildman–Crippen MR) is 95.7 cm³/mol. The van der Waals surface area contributed by atoms with Crippen LogP contribution in [0.4, 0.5) is 0 Å². The van der Waals surface area contributed by atoms with Gasteiger partial charge in [-0.05, 0) is 37.0 Å². The second kappa shape index (κ2) is 10.4. The van der Waals surface area contributed by atoms with Crippen molar-refractivity contribution < 1.29 is 24.2 Å². The van der Waals surface area contributed by atoms with Crippen LogP contribution in [-0.2, 0) is 20.9 Å². The molecule has 0 atom stereocenters. The Morgan fingerprint density at radius 1 is 1.15 bits per heavy atom. The third-order valence-electron chi connectivity index (χ3n) is 4.22. The lowest BCUT2D eigenvalue weighted by Gasteiger charge is -2.19. The molecule has 7 nitrogen and oxygen atoms in total. The summed E-state index contributed by atoms with van der Waals surface area (Å²) in [5.41, 5.74) is 0.929. The lowest BCUT2D eigenvalue weighted by molar-refractivity contribution is -0.137. The summed E-state index contributed by atoms with van der Waals surface area (Å²) >= 11 is 0. The molecule has 1 aromatic rings. The smallest absolute Gasteiger partial charge is 0.303 e. The molecule has 1 aromatic carbocycles. The Kier molecular flexibility index (Phi) is 7.92. The van der Waals surface area contributed by atoms with E-state index in [1.165, 1.54) is 0 Å². The van der Waals surface area contributed by atoms with Gasteiger partial charge in [0.15, 0.2) is 0 Å². The Balaban J connectivity index is 1.70. The summed E-state index contributed by atoms with van der Waals surface area (Å²) in [5, 5.41) is 11.4. The molecule has 1 aliphatic rings. The van der Waals surface area contributed by atoms with E-state index in [0.717, 1.165) is 24.8 Å². The van der Waals surface area contributed by atoms with Crippen LogP contribution < -0.4 is 10.1 Å². The molecule has 26 heavy (non-hydrogen) atoms. The summed E-state index contributed by atoms with van der Waals surface area (Å²) in [4.78, 5) is 36.0. The summed E-state index contributed by atoms with van der Waals surface area (Å²) in [6.07, 6.45) is 3.97. The van der Waals surface area contributed by atoms with Crippen molar-refractivity contribution in [3.05, 3.63) is 29.8 Å². The number of nitrogens with one attached hydrogen (secondary N) is 1. The number of carboxylic acid groups (broad SMARTS) is 1. The molecule has 2 amide bonds. The molecule has 1 fully saturated rings. The van der Waals surface area contributed by atoms with Gasteiger partial charge in [0.05, 0.1) is 13.2 Å². The highest BCUT2D eigenvalue weighted by Gasteiger charge is 2.18. The van der Waals surface area contributed by atoms with E-state index < -0.39 is 5.97 Å². The third kappa shape index (κ3) is 7.13. The zero-order chi connectivity index (χ0) is 18.8. The maximum absolute atomic E-state index is 12.1. The number of aliphatic carboxylic acids is 1. The number of benzene rings is 1. The van der Waals surface area contributed by atoms with Crippen molar-refractivity contribution in [2.75, 3.05) is 19.7 Å². The number of hydrogen-bond acceptors (Lipinski definition) is 4. The lowest BCUT2D eigenvalue weighted by atomic mass is 10.2. The first kappa shape index (κ1) is 19.8. The van der Waals surface area contributed by atoms with Crippen molar-refractivity contribution in [2.24, 2.45) is 0 Å². The van der Waals surface area contributed by atoms with E-state index in [0.29, 0.717) is 38.3 Å². The Labute approximate surface area is 153 Å². The number of likely N-dealkylation sites (tertiary alicyclic amines) is 1. The molecule has 0 unspecified atom stereocenters. The summed E-state index contributed by atoms with van der Waals surface area (Å²) < 4.78 is 5.47. The van der Waals surface area contributed by atoms with Crippen molar-refractivity contribution in [1.29, 1.82) is 0 Å². The fourth-order valence-corrected chi connectivity index (χ4v) is 2.75. The monoisotopic (exact) mass is 362 g/mol. The topological polar surface area (TPSA) is 95.9 Å². The van der Waals surface area contributed by atoms with Crippen LogP contribution in [0, 0.1) is 0 Å². The molecule has 0 bridgehead atoms. The average Bonchev–Trinajstić information content (AvgIpc) is 2.82. The number of nitrogens with zero attached hydrogens (tertiary/aromatic N) is 1. The van der Waals surface area contributed by atoms with Gasteiger partial charge in [0.2, 0.25) is 11.8 Å². The van der Waals surface area contributed by atoms with Crippen LogP contribution in [0.3, 0.4) is 0 Å². The van der Waals surface area contributed by atoms with E-state index in [-0.39, 0.29) is 24.8 Å². The maximum atomic E-state index is 12.1. The van der Waals surface area contributed by atoms with Crippen LogP contribution in [0.1, 0.15) is 44.1 Å².